The summed E-state index contributed by atoms with van der Waals surface area (Å²) < 4.78 is 11.8. The molecule has 2 fully saturated rings. The van der Waals surface area contributed by atoms with E-state index in [1.54, 1.807) is 13.0 Å². The Bertz CT molecular complexity index is 1380. The molecule has 1 amide bonds. The summed E-state index contributed by atoms with van der Waals surface area (Å²) in [6, 6.07) is 12.7. The minimum Gasteiger partial charge on any atom is -0.480 e. The highest BCUT2D eigenvalue weighted by Crippen LogP contribution is 2.49. The molecule has 2 aromatic carbocycles. The SMILES string of the molecule is CCCc1cc(=O)oc2c(C)c(O[C@H](C)C(=O)N3CC[C@]4(O)CCCC[C@@H]4[C@@H]3c3ccc(Cl)cc3)ccc12. The molecule has 1 N–H and O–H groups in total. The molecule has 1 saturated heterocycles. The van der Waals surface area contributed by atoms with Crippen LogP contribution in [0.2, 0.25) is 5.02 Å². The van der Waals surface area contributed by atoms with Gasteiger partial charge in [0.05, 0.1) is 11.6 Å². The normalized spacial score (nSPS) is 24.2. The van der Waals surface area contributed by atoms with Gasteiger partial charge in [0.1, 0.15) is 11.3 Å². The minimum atomic E-state index is -0.772. The van der Waals surface area contributed by atoms with Gasteiger partial charge in [-0.15, -0.1) is 0 Å². The Labute approximate surface area is 228 Å². The second-order valence-corrected chi connectivity index (χ2v) is 11.3. The maximum Gasteiger partial charge on any atom is 0.336 e. The first-order valence-corrected chi connectivity index (χ1v) is 14.1. The van der Waals surface area contributed by atoms with Gasteiger partial charge in [0.2, 0.25) is 0 Å². The number of amides is 1. The average molecular weight is 538 g/mol. The first-order valence-electron chi connectivity index (χ1n) is 13.7. The van der Waals surface area contributed by atoms with E-state index in [1.807, 2.05) is 48.2 Å². The lowest BCUT2D eigenvalue weighted by Gasteiger charge is -2.53. The maximum absolute atomic E-state index is 13.9. The van der Waals surface area contributed by atoms with E-state index in [2.05, 4.69) is 6.92 Å². The lowest BCUT2D eigenvalue weighted by Crippen LogP contribution is -2.58. The van der Waals surface area contributed by atoms with Crippen LogP contribution in [0.5, 0.6) is 5.75 Å². The summed E-state index contributed by atoms with van der Waals surface area (Å²) in [5, 5.41) is 13.1. The van der Waals surface area contributed by atoms with Gasteiger partial charge in [-0.2, -0.15) is 0 Å². The van der Waals surface area contributed by atoms with Crippen molar-refractivity contribution in [1.82, 2.24) is 4.90 Å². The van der Waals surface area contributed by atoms with Crippen molar-refractivity contribution in [2.24, 2.45) is 5.92 Å². The third kappa shape index (κ3) is 4.96. The molecule has 202 valence electrons. The van der Waals surface area contributed by atoms with Crippen LogP contribution in [0.1, 0.15) is 75.1 Å². The lowest BCUT2D eigenvalue weighted by atomic mass is 9.66. The molecule has 2 heterocycles. The number of carbonyl (C=O) groups is 1. The van der Waals surface area contributed by atoms with Crippen molar-refractivity contribution in [1.29, 1.82) is 0 Å². The summed E-state index contributed by atoms with van der Waals surface area (Å²) in [7, 11) is 0. The number of nitrogens with zero attached hydrogens (tertiary/aromatic N) is 1. The van der Waals surface area contributed by atoms with E-state index in [4.69, 9.17) is 20.8 Å². The third-order valence-corrected chi connectivity index (χ3v) is 8.68. The van der Waals surface area contributed by atoms with Crippen LogP contribution in [0.25, 0.3) is 11.0 Å². The molecular formula is C31H36ClNO5. The number of aliphatic hydroxyl groups is 1. The number of piperidine rings is 1. The first kappa shape index (κ1) is 26.8. The predicted molar refractivity (Wildman–Crippen MR) is 149 cm³/mol. The third-order valence-electron chi connectivity index (χ3n) is 8.43. The molecule has 2 aliphatic rings. The van der Waals surface area contributed by atoms with Gasteiger partial charge < -0.3 is 19.2 Å². The van der Waals surface area contributed by atoms with E-state index in [-0.39, 0.29) is 23.5 Å². The molecule has 1 saturated carbocycles. The van der Waals surface area contributed by atoms with Gasteiger partial charge in [0, 0.05) is 34.5 Å². The molecule has 0 bridgehead atoms. The molecule has 6 nitrogen and oxygen atoms in total. The number of aryl methyl sites for hydroxylation is 2. The fraction of sp³-hybridized carbons (Fsp3) is 0.484. The van der Waals surface area contributed by atoms with E-state index in [1.165, 1.54) is 0 Å². The Hall–Kier alpha value is -2.83. The van der Waals surface area contributed by atoms with Crippen LogP contribution in [-0.2, 0) is 11.2 Å². The van der Waals surface area contributed by atoms with Crippen LogP contribution in [0.3, 0.4) is 0 Å². The number of halogens is 1. The van der Waals surface area contributed by atoms with Gasteiger partial charge in [-0.1, -0.05) is 49.9 Å². The number of hydrogen-bond donors (Lipinski definition) is 1. The molecule has 7 heteroatoms. The van der Waals surface area contributed by atoms with Crippen molar-refractivity contribution in [3.05, 3.63) is 74.6 Å². The quantitative estimate of drug-likeness (QED) is 0.369. The number of carbonyl (C=O) groups excluding carboxylic acids is 1. The van der Waals surface area contributed by atoms with E-state index in [9.17, 15) is 14.7 Å². The predicted octanol–water partition coefficient (Wildman–Crippen LogP) is 6.37. The minimum absolute atomic E-state index is 0.0454. The Morgan fingerprint density at radius 3 is 2.71 bits per heavy atom. The molecule has 5 rings (SSSR count). The standard InChI is InChI=1S/C31H36ClNO5/c1-4-7-22-18-27(34)38-29-19(2)26(14-13-24(22)29)37-20(3)30(35)33-17-16-31(36)15-6-5-8-25(31)28(33)21-9-11-23(32)12-10-21/h9-14,18,20,25,28,36H,4-8,15-17H2,1-3H3/t20-,25-,28+,31-/m1/s1. The number of hydrogen-bond acceptors (Lipinski definition) is 5. The molecule has 1 aliphatic carbocycles. The summed E-state index contributed by atoms with van der Waals surface area (Å²) in [6.07, 6.45) is 5.16. The molecule has 0 unspecified atom stereocenters. The highest BCUT2D eigenvalue weighted by molar-refractivity contribution is 6.30. The molecule has 1 aromatic heterocycles. The van der Waals surface area contributed by atoms with Gasteiger partial charge in [0.25, 0.3) is 5.91 Å². The van der Waals surface area contributed by atoms with Crippen molar-refractivity contribution < 1.29 is 19.1 Å². The Morgan fingerprint density at radius 1 is 1.21 bits per heavy atom. The van der Waals surface area contributed by atoms with Crippen LogP contribution in [0, 0.1) is 12.8 Å². The van der Waals surface area contributed by atoms with E-state index in [0.717, 1.165) is 55.0 Å². The van der Waals surface area contributed by atoms with Crippen LogP contribution >= 0.6 is 11.6 Å². The maximum atomic E-state index is 13.9. The number of benzene rings is 2. The smallest absolute Gasteiger partial charge is 0.336 e. The van der Waals surface area contributed by atoms with E-state index >= 15 is 0 Å². The molecule has 38 heavy (non-hydrogen) atoms. The fourth-order valence-corrected chi connectivity index (χ4v) is 6.61. The fourth-order valence-electron chi connectivity index (χ4n) is 6.49. The summed E-state index contributed by atoms with van der Waals surface area (Å²) in [5.41, 5.74) is 1.98. The van der Waals surface area contributed by atoms with Gasteiger partial charge in [0.15, 0.2) is 6.10 Å². The van der Waals surface area contributed by atoms with E-state index in [0.29, 0.717) is 34.9 Å². The zero-order valence-electron chi connectivity index (χ0n) is 22.3. The highest BCUT2D eigenvalue weighted by atomic mass is 35.5. The largest absolute Gasteiger partial charge is 0.480 e. The zero-order valence-corrected chi connectivity index (χ0v) is 23.1. The number of fused-ring (bicyclic) bond motifs is 2. The second kappa shape index (κ2) is 10.7. The van der Waals surface area contributed by atoms with Crippen molar-refractivity contribution >= 4 is 28.5 Å². The van der Waals surface area contributed by atoms with Gasteiger partial charge in [-0.05, 0) is 74.9 Å². The van der Waals surface area contributed by atoms with Gasteiger partial charge >= 0.3 is 5.63 Å². The van der Waals surface area contributed by atoms with Crippen molar-refractivity contribution in [2.45, 2.75) is 83.5 Å². The molecule has 0 spiro atoms. The van der Waals surface area contributed by atoms with Crippen molar-refractivity contribution in [3.8, 4) is 5.75 Å². The van der Waals surface area contributed by atoms with Crippen LogP contribution in [-0.4, -0.2) is 34.2 Å². The zero-order chi connectivity index (χ0) is 27.0. The molecule has 0 radical (unpaired) electrons. The molecule has 1 aliphatic heterocycles. The summed E-state index contributed by atoms with van der Waals surface area (Å²) in [5.74, 6) is 0.346. The molecular weight excluding hydrogens is 502 g/mol. The average Bonchev–Trinajstić information content (AvgIpc) is 2.90. The summed E-state index contributed by atoms with van der Waals surface area (Å²) >= 11 is 6.17. The number of likely N-dealkylation sites (tertiary alicyclic amines) is 1. The Balaban J connectivity index is 1.45. The lowest BCUT2D eigenvalue weighted by molar-refractivity contribution is -0.161. The van der Waals surface area contributed by atoms with Crippen molar-refractivity contribution in [3.63, 3.8) is 0 Å². The number of rotatable bonds is 6. The number of ether oxygens (including phenoxy) is 1. The van der Waals surface area contributed by atoms with Crippen LogP contribution in [0.15, 0.2) is 51.7 Å². The van der Waals surface area contributed by atoms with Crippen LogP contribution in [0.4, 0.5) is 0 Å². The second-order valence-electron chi connectivity index (χ2n) is 10.9. The molecule has 4 atom stereocenters. The van der Waals surface area contributed by atoms with Crippen LogP contribution < -0.4 is 10.4 Å². The van der Waals surface area contributed by atoms with Gasteiger partial charge in [-0.3, -0.25) is 4.79 Å². The summed E-state index contributed by atoms with van der Waals surface area (Å²) in [4.78, 5) is 28.0. The van der Waals surface area contributed by atoms with E-state index < -0.39 is 11.7 Å². The molecule has 3 aromatic rings. The highest BCUT2D eigenvalue weighted by Gasteiger charge is 2.50. The topological polar surface area (TPSA) is 80.0 Å². The summed E-state index contributed by atoms with van der Waals surface area (Å²) in [6.45, 7) is 6.15. The Morgan fingerprint density at radius 2 is 1.97 bits per heavy atom. The van der Waals surface area contributed by atoms with Gasteiger partial charge in [-0.25, -0.2) is 4.79 Å². The first-order chi connectivity index (χ1) is 18.2. The van der Waals surface area contributed by atoms with Crippen molar-refractivity contribution in [2.75, 3.05) is 6.54 Å². The Kier molecular flexibility index (Phi) is 7.56. The monoisotopic (exact) mass is 537 g/mol.